The van der Waals surface area contributed by atoms with Crippen LogP contribution in [0, 0.1) is 0 Å². The zero-order valence-electron chi connectivity index (χ0n) is 6.81. The van der Waals surface area contributed by atoms with Gasteiger partial charge >= 0.3 is 11.9 Å². The molecule has 0 saturated carbocycles. The molecule has 0 amide bonds. The van der Waals surface area contributed by atoms with E-state index in [1.807, 2.05) is 0 Å². The molecule has 1 unspecified atom stereocenters. The number of carboxylic acids is 2. The lowest BCUT2D eigenvalue weighted by atomic mass is 10.1. The molecule has 0 fully saturated rings. The SMILES string of the molecule is CN(C)C(O)(CC(=O)O)C(=O)O. The summed E-state index contributed by atoms with van der Waals surface area (Å²) in [6, 6.07) is 0. The van der Waals surface area contributed by atoms with Crippen molar-refractivity contribution in [3.05, 3.63) is 0 Å². The Morgan fingerprint density at radius 3 is 1.83 bits per heavy atom. The van der Waals surface area contributed by atoms with Crippen molar-refractivity contribution in [1.29, 1.82) is 0 Å². The topological polar surface area (TPSA) is 98.1 Å². The predicted molar refractivity (Wildman–Crippen MR) is 38.5 cm³/mol. The molecule has 0 bridgehead atoms. The van der Waals surface area contributed by atoms with E-state index in [2.05, 4.69) is 0 Å². The molecule has 70 valence electrons. The number of aliphatic carboxylic acids is 2. The number of carboxylic acid groups (broad SMARTS) is 2. The van der Waals surface area contributed by atoms with E-state index in [9.17, 15) is 14.7 Å². The third-order valence-electron chi connectivity index (χ3n) is 1.48. The van der Waals surface area contributed by atoms with Crippen LogP contribution in [0.2, 0.25) is 0 Å². The molecule has 0 aliphatic carbocycles. The maximum absolute atomic E-state index is 10.4. The predicted octanol–water partition coefficient (Wildman–Crippen LogP) is -1.20. The van der Waals surface area contributed by atoms with Crippen molar-refractivity contribution in [2.75, 3.05) is 14.1 Å². The summed E-state index contributed by atoms with van der Waals surface area (Å²) in [5, 5.41) is 26.1. The van der Waals surface area contributed by atoms with E-state index >= 15 is 0 Å². The van der Waals surface area contributed by atoms with Gasteiger partial charge in [0.2, 0.25) is 5.72 Å². The molecule has 0 aliphatic rings. The summed E-state index contributed by atoms with van der Waals surface area (Å²) in [7, 11) is 2.58. The third-order valence-corrected chi connectivity index (χ3v) is 1.48. The average molecular weight is 177 g/mol. The number of hydrogen-bond donors (Lipinski definition) is 3. The van der Waals surface area contributed by atoms with E-state index in [1.165, 1.54) is 14.1 Å². The Kier molecular flexibility index (Phi) is 3.17. The van der Waals surface area contributed by atoms with Gasteiger partial charge in [-0.15, -0.1) is 0 Å². The first-order chi connectivity index (χ1) is 5.30. The van der Waals surface area contributed by atoms with Crippen molar-refractivity contribution >= 4 is 11.9 Å². The van der Waals surface area contributed by atoms with E-state index in [1.54, 1.807) is 0 Å². The van der Waals surface area contributed by atoms with Crippen LogP contribution in [0.4, 0.5) is 0 Å². The van der Waals surface area contributed by atoms with Gasteiger partial charge in [-0.05, 0) is 14.1 Å². The zero-order valence-corrected chi connectivity index (χ0v) is 6.81. The van der Waals surface area contributed by atoms with Crippen LogP contribution in [0.1, 0.15) is 6.42 Å². The van der Waals surface area contributed by atoms with Crippen LogP contribution in [-0.4, -0.2) is 52.0 Å². The Labute approximate surface area is 69.0 Å². The number of aliphatic hydroxyl groups is 1. The lowest BCUT2D eigenvalue weighted by Gasteiger charge is -2.28. The van der Waals surface area contributed by atoms with Crippen LogP contribution in [0.3, 0.4) is 0 Å². The highest BCUT2D eigenvalue weighted by Gasteiger charge is 2.40. The minimum atomic E-state index is -2.33. The first-order valence-corrected chi connectivity index (χ1v) is 3.15. The largest absolute Gasteiger partial charge is 0.481 e. The summed E-state index contributed by atoms with van der Waals surface area (Å²) in [6.07, 6.45) is -0.852. The van der Waals surface area contributed by atoms with Gasteiger partial charge in [0.25, 0.3) is 0 Å². The highest BCUT2D eigenvalue weighted by molar-refractivity contribution is 5.83. The summed E-state index contributed by atoms with van der Waals surface area (Å²) < 4.78 is 0. The molecule has 0 aromatic rings. The average Bonchev–Trinajstić information content (AvgIpc) is 1.84. The number of nitrogens with zero attached hydrogens (tertiary/aromatic N) is 1. The molecule has 12 heavy (non-hydrogen) atoms. The normalized spacial score (nSPS) is 15.7. The molecule has 0 heterocycles. The Morgan fingerprint density at radius 1 is 1.33 bits per heavy atom. The fourth-order valence-corrected chi connectivity index (χ4v) is 0.636. The maximum Gasteiger partial charge on any atom is 0.352 e. The molecule has 1 atom stereocenters. The lowest BCUT2D eigenvalue weighted by Crippen LogP contribution is -2.52. The van der Waals surface area contributed by atoms with Crippen molar-refractivity contribution in [3.63, 3.8) is 0 Å². The summed E-state index contributed by atoms with van der Waals surface area (Å²) >= 11 is 0. The highest BCUT2D eigenvalue weighted by Crippen LogP contribution is 2.13. The van der Waals surface area contributed by atoms with Gasteiger partial charge in [0.1, 0.15) is 0 Å². The minimum Gasteiger partial charge on any atom is -0.481 e. The van der Waals surface area contributed by atoms with Crippen LogP contribution in [0.25, 0.3) is 0 Å². The molecule has 0 aromatic carbocycles. The first-order valence-electron chi connectivity index (χ1n) is 3.15. The quantitative estimate of drug-likeness (QED) is 0.466. The first kappa shape index (κ1) is 10.9. The number of carbonyl (C=O) groups is 2. The number of rotatable bonds is 4. The molecule has 0 aliphatic heterocycles. The Bertz CT molecular complexity index is 202. The van der Waals surface area contributed by atoms with Crippen molar-refractivity contribution in [1.82, 2.24) is 4.90 Å². The van der Waals surface area contributed by atoms with E-state index in [4.69, 9.17) is 10.2 Å². The van der Waals surface area contributed by atoms with Crippen LogP contribution < -0.4 is 0 Å². The van der Waals surface area contributed by atoms with Crippen LogP contribution in [0.5, 0.6) is 0 Å². The van der Waals surface area contributed by atoms with Gasteiger partial charge < -0.3 is 15.3 Å². The summed E-state index contributed by atoms with van der Waals surface area (Å²) in [5.41, 5.74) is -2.33. The second-order valence-corrected chi connectivity index (χ2v) is 2.59. The minimum absolute atomic E-state index is 0.852. The summed E-state index contributed by atoms with van der Waals surface area (Å²) in [4.78, 5) is 21.6. The van der Waals surface area contributed by atoms with Gasteiger partial charge in [-0.1, -0.05) is 0 Å². The molecule has 0 aromatic heterocycles. The zero-order chi connectivity index (χ0) is 9.94. The van der Waals surface area contributed by atoms with Gasteiger partial charge in [-0.3, -0.25) is 9.69 Å². The van der Waals surface area contributed by atoms with Crippen molar-refractivity contribution < 1.29 is 24.9 Å². The van der Waals surface area contributed by atoms with Crippen molar-refractivity contribution in [3.8, 4) is 0 Å². The smallest absolute Gasteiger partial charge is 0.352 e. The Hall–Kier alpha value is -1.14. The molecule has 0 radical (unpaired) electrons. The monoisotopic (exact) mass is 177 g/mol. The fraction of sp³-hybridized carbons (Fsp3) is 0.667. The van der Waals surface area contributed by atoms with E-state index < -0.39 is 24.1 Å². The molecule has 0 rings (SSSR count). The third kappa shape index (κ3) is 2.18. The molecule has 0 spiro atoms. The van der Waals surface area contributed by atoms with Gasteiger partial charge in [-0.2, -0.15) is 0 Å². The number of likely N-dealkylation sites (N-methyl/N-ethyl adjacent to an activating group) is 1. The van der Waals surface area contributed by atoms with Crippen LogP contribution in [-0.2, 0) is 9.59 Å². The molecule has 3 N–H and O–H groups in total. The summed E-state index contributed by atoms with van der Waals surface area (Å²) in [5.74, 6) is -2.94. The second kappa shape index (κ2) is 3.51. The molecule has 6 nitrogen and oxygen atoms in total. The molecule has 6 heteroatoms. The van der Waals surface area contributed by atoms with Crippen LogP contribution >= 0.6 is 0 Å². The van der Waals surface area contributed by atoms with E-state index in [-0.39, 0.29) is 0 Å². The maximum atomic E-state index is 10.4. The Balaban J connectivity index is 4.62. The summed E-state index contributed by atoms with van der Waals surface area (Å²) in [6.45, 7) is 0. The van der Waals surface area contributed by atoms with Gasteiger partial charge in [0.15, 0.2) is 0 Å². The molecular weight excluding hydrogens is 166 g/mol. The van der Waals surface area contributed by atoms with Gasteiger partial charge in [-0.25, -0.2) is 4.79 Å². The van der Waals surface area contributed by atoms with E-state index in [0.717, 1.165) is 4.90 Å². The molecule has 0 saturated heterocycles. The molecular formula is C6H11NO5. The van der Waals surface area contributed by atoms with Gasteiger partial charge in [0, 0.05) is 0 Å². The van der Waals surface area contributed by atoms with Crippen molar-refractivity contribution in [2.24, 2.45) is 0 Å². The van der Waals surface area contributed by atoms with E-state index in [0.29, 0.717) is 0 Å². The standard InChI is InChI=1S/C6H11NO5/c1-7(2)6(12,5(10)11)3-4(8)9/h12H,3H2,1-2H3,(H,8,9)(H,10,11). The number of hydrogen-bond acceptors (Lipinski definition) is 4. The van der Waals surface area contributed by atoms with Crippen molar-refractivity contribution in [2.45, 2.75) is 12.1 Å². The second-order valence-electron chi connectivity index (χ2n) is 2.59. The van der Waals surface area contributed by atoms with Gasteiger partial charge in [0.05, 0.1) is 6.42 Å². The van der Waals surface area contributed by atoms with Crippen LogP contribution in [0.15, 0.2) is 0 Å². The fourth-order valence-electron chi connectivity index (χ4n) is 0.636. The highest BCUT2D eigenvalue weighted by atomic mass is 16.4. The Morgan fingerprint density at radius 2 is 1.75 bits per heavy atom. The lowest BCUT2D eigenvalue weighted by molar-refractivity contribution is -0.184.